The first-order valence-corrected chi connectivity index (χ1v) is 6.90. The van der Waals surface area contributed by atoms with E-state index in [-0.39, 0.29) is 0 Å². The minimum absolute atomic E-state index is 0.647. The molecule has 3 aromatic rings. The summed E-state index contributed by atoms with van der Waals surface area (Å²) in [5, 5.41) is 16.6. The van der Waals surface area contributed by atoms with Crippen LogP contribution in [0.4, 0.5) is 5.82 Å². The van der Waals surface area contributed by atoms with Gasteiger partial charge in [0.2, 0.25) is 0 Å². The molecule has 2 heterocycles. The van der Waals surface area contributed by atoms with Gasteiger partial charge in [0.05, 0.1) is 17.8 Å². The van der Waals surface area contributed by atoms with Gasteiger partial charge in [-0.3, -0.25) is 0 Å². The second-order valence-corrected chi connectivity index (χ2v) is 4.74. The molecule has 21 heavy (non-hydrogen) atoms. The number of aromatic nitrogens is 3. The van der Waals surface area contributed by atoms with Gasteiger partial charge in [0.25, 0.3) is 0 Å². The molecule has 1 aromatic carbocycles. The standard InChI is InChI=1S/C16H15N5/c1-2-8-18-15-7-9-19-16-14(11-20-21(15)16)13-5-3-12(10-17)4-6-13/h3-7,9,11,18H,2,8H2,1H3. The van der Waals surface area contributed by atoms with Gasteiger partial charge in [0.15, 0.2) is 5.65 Å². The van der Waals surface area contributed by atoms with Gasteiger partial charge in [0.1, 0.15) is 5.82 Å². The van der Waals surface area contributed by atoms with E-state index in [0.29, 0.717) is 5.56 Å². The minimum Gasteiger partial charge on any atom is -0.370 e. The Hall–Kier alpha value is -2.87. The number of hydrogen-bond donors (Lipinski definition) is 1. The average molecular weight is 277 g/mol. The van der Waals surface area contributed by atoms with Crippen LogP contribution < -0.4 is 5.32 Å². The van der Waals surface area contributed by atoms with E-state index in [0.717, 1.165) is 35.6 Å². The van der Waals surface area contributed by atoms with Crippen LogP contribution in [0, 0.1) is 11.3 Å². The summed E-state index contributed by atoms with van der Waals surface area (Å²) in [5.41, 5.74) is 3.41. The molecule has 0 saturated heterocycles. The van der Waals surface area contributed by atoms with Gasteiger partial charge in [-0.05, 0) is 30.2 Å². The van der Waals surface area contributed by atoms with Gasteiger partial charge in [-0.1, -0.05) is 19.1 Å². The molecule has 0 aliphatic heterocycles. The Bertz CT molecular complexity index is 796. The number of benzene rings is 1. The zero-order chi connectivity index (χ0) is 14.7. The number of hydrogen-bond acceptors (Lipinski definition) is 4. The van der Waals surface area contributed by atoms with Crippen LogP contribution in [-0.4, -0.2) is 21.1 Å². The number of nitrogens with zero attached hydrogens (tertiary/aromatic N) is 4. The summed E-state index contributed by atoms with van der Waals surface area (Å²) in [6.07, 6.45) is 4.64. The first kappa shape index (κ1) is 13.1. The Morgan fingerprint density at radius 2 is 2.05 bits per heavy atom. The van der Waals surface area contributed by atoms with Crippen LogP contribution in [0.15, 0.2) is 42.7 Å². The Morgan fingerprint density at radius 3 is 2.76 bits per heavy atom. The predicted octanol–water partition coefficient (Wildman–Crippen LogP) is 3.09. The SMILES string of the molecule is CCCNc1ccnc2c(-c3ccc(C#N)cc3)cnn12. The molecule has 5 heteroatoms. The van der Waals surface area contributed by atoms with Crippen LogP contribution in [0.25, 0.3) is 16.8 Å². The first-order valence-electron chi connectivity index (χ1n) is 6.90. The van der Waals surface area contributed by atoms with Crippen LogP contribution in [0.1, 0.15) is 18.9 Å². The lowest BCUT2D eigenvalue weighted by Crippen LogP contribution is -2.06. The van der Waals surface area contributed by atoms with Crippen LogP contribution in [0.3, 0.4) is 0 Å². The van der Waals surface area contributed by atoms with Gasteiger partial charge < -0.3 is 5.32 Å². The van der Waals surface area contributed by atoms with E-state index in [1.165, 1.54) is 0 Å². The van der Waals surface area contributed by atoms with E-state index in [1.54, 1.807) is 24.5 Å². The summed E-state index contributed by atoms with van der Waals surface area (Å²) < 4.78 is 1.81. The second kappa shape index (κ2) is 5.63. The van der Waals surface area contributed by atoms with Crippen molar-refractivity contribution in [2.45, 2.75) is 13.3 Å². The predicted molar refractivity (Wildman–Crippen MR) is 81.9 cm³/mol. The van der Waals surface area contributed by atoms with Crippen molar-refractivity contribution in [3.63, 3.8) is 0 Å². The molecule has 104 valence electrons. The highest BCUT2D eigenvalue weighted by Crippen LogP contribution is 2.25. The van der Waals surface area contributed by atoms with Crippen molar-refractivity contribution in [1.29, 1.82) is 5.26 Å². The molecule has 3 rings (SSSR count). The molecular formula is C16H15N5. The molecule has 0 aliphatic rings. The summed E-state index contributed by atoms with van der Waals surface area (Å²) >= 11 is 0. The van der Waals surface area contributed by atoms with Gasteiger partial charge in [-0.2, -0.15) is 14.9 Å². The molecule has 1 N–H and O–H groups in total. The normalized spacial score (nSPS) is 10.5. The highest BCUT2D eigenvalue weighted by atomic mass is 15.3. The number of nitriles is 1. The first-order chi connectivity index (χ1) is 10.3. The van der Waals surface area contributed by atoms with Crippen molar-refractivity contribution in [3.8, 4) is 17.2 Å². The van der Waals surface area contributed by atoms with Gasteiger partial charge in [-0.25, -0.2) is 4.98 Å². The summed E-state index contributed by atoms with van der Waals surface area (Å²) in [5.74, 6) is 0.932. The van der Waals surface area contributed by atoms with Gasteiger partial charge in [0, 0.05) is 18.3 Å². The molecule has 0 atom stereocenters. The van der Waals surface area contributed by atoms with E-state index in [1.807, 2.05) is 22.7 Å². The maximum Gasteiger partial charge on any atom is 0.165 e. The minimum atomic E-state index is 0.647. The lowest BCUT2D eigenvalue weighted by molar-refractivity contribution is 0.903. The third-order valence-corrected chi connectivity index (χ3v) is 3.28. The zero-order valence-corrected chi connectivity index (χ0v) is 11.7. The topological polar surface area (TPSA) is 66.0 Å². The van der Waals surface area contributed by atoms with E-state index < -0.39 is 0 Å². The molecule has 0 radical (unpaired) electrons. The van der Waals surface area contributed by atoms with E-state index in [2.05, 4.69) is 28.4 Å². The lowest BCUT2D eigenvalue weighted by Gasteiger charge is -2.06. The molecule has 5 nitrogen and oxygen atoms in total. The maximum absolute atomic E-state index is 8.86. The lowest BCUT2D eigenvalue weighted by atomic mass is 10.1. The molecule has 2 aromatic heterocycles. The van der Waals surface area contributed by atoms with Crippen molar-refractivity contribution in [2.75, 3.05) is 11.9 Å². The Balaban J connectivity index is 2.05. The van der Waals surface area contributed by atoms with Crippen LogP contribution in [0.5, 0.6) is 0 Å². The molecule has 0 bridgehead atoms. The summed E-state index contributed by atoms with van der Waals surface area (Å²) in [7, 11) is 0. The smallest absolute Gasteiger partial charge is 0.165 e. The Labute approximate surface area is 122 Å². The third-order valence-electron chi connectivity index (χ3n) is 3.28. The number of rotatable bonds is 4. The molecule has 0 amide bonds. The second-order valence-electron chi connectivity index (χ2n) is 4.74. The van der Waals surface area contributed by atoms with Gasteiger partial charge in [-0.15, -0.1) is 0 Å². The average Bonchev–Trinajstić information content (AvgIpc) is 2.97. The largest absolute Gasteiger partial charge is 0.370 e. The summed E-state index contributed by atoms with van der Waals surface area (Å²) in [4.78, 5) is 4.42. The Kier molecular flexibility index (Phi) is 3.52. The molecule has 0 aliphatic carbocycles. The van der Waals surface area contributed by atoms with Crippen LogP contribution in [0.2, 0.25) is 0 Å². The highest BCUT2D eigenvalue weighted by molar-refractivity contribution is 5.78. The fourth-order valence-corrected chi connectivity index (χ4v) is 2.21. The Morgan fingerprint density at radius 1 is 1.24 bits per heavy atom. The van der Waals surface area contributed by atoms with E-state index >= 15 is 0 Å². The molecule has 0 saturated carbocycles. The quantitative estimate of drug-likeness (QED) is 0.795. The zero-order valence-electron chi connectivity index (χ0n) is 11.7. The van der Waals surface area contributed by atoms with E-state index in [9.17, 15) is 0 Å². The monoisotopic (exact) mass is 277 g/mol. The molecule has 0 spiro atoms. The fraction of sp³-hybridized carbons (Fsp3) is 0.188. The van der Waals surface area contributed by atoms with Crippen LogP contribution >= 0.6 is 0 Å². The highest BCUT2D eigenvalue weighted by Gasteiger charge is 2.10. The van der Waals surface area contributed by atoms with Crippen molar-refractivity contribution < 1.29 is 0 Å². The molecule has 0 unspecified atom stereocenters. The van der Waals surface area contributed by atoms with Gasteiger partial charge >= 0.3 is 0 Å². The fourth-order valence-electron chi connectivity index (χ4n) is 2.21. The number of anilines is 1. The number of nitrogens with one attached hydrogen (secondary N) is 1. The van der Waals surface area contributed by atoms with E-state index in [4.69, 9.17) is 5.26 Å². The molecular weight excluding hydrogens is 262 g/mol. The van der Waals surface area contributed by atoms with Crippen molar-refractivity contribution in [3.05, 3.63) is 48.3 Å². The summed E-state index contributed by atoms with van der Waals surface area (Å²) in [6, 6.07) is 11.5. The summed E-state index contributed by atoms with van der Waals surface area (Å²) in [6.45, 7) is 3.02. The van der Waals surface area contributed by atoms with Crippen molar-refractivity contribution in [1.82, 2.24) is 14.6 Å². The third kappa shape index (κ3) is 2.43. The molecule has 0 fully saturated rings. The maximum atomic E-state index is 8.86. The van der Waals surface area contributed by atoms with Crippen molar-refractivity contribution in [2.24, 2.45) is 0 Å². The van der Waals surface area contributed by atoms with Crippen LogP contribution in [-0.2, 0) is 0 Å². The van der Waals surface area contributed by atoms with Crippen molar-refractivity contribution >= 4 is 11.5 Å². The number of fused-ring (bicyclic) bond motifs is 1.